The Morgan fingerprint density at radius 2 is 1.79 bits per heavy atom. The number of rotatable bonds is 0. The summed E-state index contributed by atoms with van der Waals surface area (Å²) in [5.41, 5.74) is 10.1. The summed E-state index contributed by atoms with van der Waals surface area (Å²) in [5, 5.41) is 3.51. The van der Waals surface area contributed by atoms with Gasteiger partial charge in [-0.2, -0.15) is 0 Å². The summed E-state index contributed by atoms with van der Waals surface area (Å²) in [4.78, 5) is 20.6. The summed E-state index contributed by atoms with van der Waals surface area (Å²) in [7, 11) is 0. The van der Waals surface area contributed by atoms with Crippen molar-refractivity contribution in [2.45, 2.75) is 70.4 Å². The highest BCUT2D eigenvalue weighted by atomic mass is 16.2. The fourth-order valence-corrected chi connectivity index (χ4v) is 5.48. The van der Waals surface area contributed by atoms with Gasteiger partial charge in [-0.3, -0.25) is 4.79 Å². The Morgan fingerprint density at radius 1 is 1.00 bits per heavy atom. The van der Waals surface area contributed by atoms with Crippen molar-refractivity contribution in [3.05, 3.63) is 35.2 Å². The molecule has 4 bridgehead atoms. The number of fused-ring (bicyclic) bond motifs is 3. The molecule has 150 valence electrons. The number of pyridine rings is 1. The van der Waals surface area contributed by atoms with Crippen LogP contribution in [-0.4, -0.2) is 35.0 Å². The van der Waals surface area contributed by atoms with E-state index >= 15 is 0 Å². The van der Waals surface area contributed by atoms with Crippen LogP contribution in [-0.2, 0) is 11.2 Å². The Kier molecular flexibility index (Phi) is 4.75. The van der Waals surface area contributed by atoms with Crippen molar-refractivity contribution in [3.63, 3.8) is 0 Å². The molecule has 1 aromatic rings. The van der Waals surface area contributed by atoms with E-state index in [-0.39, 0.29) is 11.6 Å². The van der Waals surface area contributed by atoms with Crippen molar-refractivity contribution in [1.29, 1.82) is 0 Å². The maximum Gasteiger partial charge on any atom is 0.229 e. The maximum atomic E-state index is 13.7. The van der Waals surface area contributed by atoms with Gasteiger partial charge in [0.1, 0.15) is 12.0 Å². The smallest absolute Gasteiger partial charge is 0.229 e. The van der Waals surface area contributed by atoms with Gasteiger partial charge in [0.05, 0.1) is 12.2 Å². The molecular weight excluding hydrogens is 350 g/mol. The molecule has 0 radical (unpaired) electrons. The lowest BCUT2D eigenvalue weighted by Gasteiger charge is -2.39. The van der Waals surface area contributed by atoms with E-state index in [0.717, 1.165) is 55.7 Å². The molecule has 4 heterocycles. The molecule has 1 fully saturated rings. The molecule has 3 N–H and O–H groups in total. The number of nitrogens with one attached hydrogen (secondary N) is 3. The lowest BCUT2D eigenvalue weighted by molar-refractivity contribution is -0.143. The Morgan fingerprint density at radius 3 is 2.61 bits per heavy atom. The second-order valence-corrected chi connectivity index (χ2v) is 8.93. The molecule has 1 atom stereocenters. The van der Waals surface area contributed by atoms with Gasteiger partial charge in [-0.05, 0) is 44.2 Å². The Labute approximate surface area is 167 Å². The van der Waals surface area contributed by atoms with Gasteiger partial charge >= 0.3 is 0 Å². The van der Waals surface area contributed by atoms with Crippen LogP contribution < -0.4 is 16.2 Å². The van der Waals surface area contributed by atoms with Gasteiger partial charge in [0, 0.05) is 23.2 Å². The molecule has 6 nitrogen and oxygen atoms in total. The van der Waals surface area contributed by atoms with Crippen LogP contribution in [0, 0.1) is 5.41 Å². The van der Waals surface area contributed by atoms with Crippen molar-refractivity contribution < 1.29 is 4.79 Å². The molecule has 28 heavy (non-hydrogen) atoms. The number of aromatic nitrogens is 1. The highest BCUT2D eigenvalue weighted by molar-refractivity contribution is 5.84. The normalized spacial score (nSPS) is 27.2. The molecule has 4 aliphatic rings. The van der Waals surface area contributed by atoms with Crippen LogP contribution in [0.2, 0.25) is 0 Å². The first-order valence-electron chi connectivity index (χ1n) is 11.0. The molecule has 0 saturated heterocycles. The molecular formula is C22H31N5O. The first-order valence-corrected chi connectivity index (χ1v) is 11.0. The van der Waals surface area contributed by atoms with Gasteiger partial charge < -0.3 is 15.6 Å². The van der Waals surface area contributed by atoms with Gasteiger partial charge in [-0.1, -0.05) is 38.2 Å². The highest BCUT2D eigenvalue weighted by Crippen LogP contribution is 2.43. The largest absolute Gasteiger partial charge is 0.350 e. The monoisotopic (exact) mass is 381 g/mol. The summed E-state index contributed by atoms with van der Waals surface area (Å²) >= 11 is 0. The molecule has 1 spiro atoms. The lowest BCUT2D eigenvalue weighted by atomic mass is 9.69. The Bertz CT molecular complexity index is 783. The molecule has 1 amide bonds. The third-order valence-corrected chi connectivity index (χ3v) is 7.05. The number of hydrogen-bond acceptors (Lipinski definition) is 5. The zero-order valence-corrected chi connectivity index (χ0v) is 16.6. The summed E-state index contributed by atoms with van der Waals surface area (Å²) in [6, 6.07) is 6.23. The summed E-state index contributed by atoms with van der Waals surface area (Å²) in [6.45, 7) is 1.42. The SMILES string of the molecule is O=C1N2CC3=C(C2)C(NN3)Nc2cccc(n2)CCCCCC12CCCCC2. The lowest BCUT2D eigenvalue weighted by Crippen LogP contribution is -2.48. The summed E-state index contributed by atoms with van der Waals surface area (Å²) in [6.07, 6.45) is 11.3. The Balaban J connectivity index is 1.42. The zero-order valence-electron chi connectivity index (χ0n) is 16.6. The number of amides is 1. The van der Waals surface area contributed by atoms with Gasteiger partial charge in [0.15, 0.2) is 0 Å². The van der Waals surface area contributed by atoms with Crippen LogP contribution in [0.4, 0.5) is 5.82 Å². The third-order valence-electron chi connectivity index (χ3n) is 7.05. The number of aryl methyl sites for hydroxylation is 1. The molecule has 1 aliphatic carbocycles. The number of carbonyl (C=O) groups excluding carboxylic acids is 1. The van der Waals surface area contributed by atoms with E-state index in [1.54, 1.807) is 0 Å². The second kappa shape index (κ2) is 7.39. The molecule has 0 aromatic carbocycles. The van der Waals surface area contributed by atoms with E-state index in [4.69, 9.17) is 4.98 Å². The van der Waals surface area contributed by atoms with E-state index < -0.39 is 0 Å². The van der Waals surface area contributed by atoms with Crippen LogP contribution in [0.25, 0.3) is 0 Å². The molecule has 5 rings (SSSR count). The molecule has 3 aliphatic heterocycles. The van der Waals surface area contributed by atoms with Crippen LogP contribution in [0.1, 0.15) is 63.5 Å². The number of hydrazine groups is 1. The minimum atomic E-state index is -0.121. The van der Waals surface area contributed by atoms with Crippen molar-refractivity contribution in [2.75, 3.05) is 18.4 Å². The molecule has 1 aromatic heterocycles. The van der Waals surface area contributed by atoms with Crippen molar-refractivity contribution in [3.8, 4) is 0 Å². The van der Waals surface area contributed by atoms with E-state index in [1.807, 2.05) is 6.07 Å². The van der Waals surface area contributed by atoms with Gasteiger partial charge in [0.2, 0.25) is 5.91 Å². The van der Waals surface area contributed by atoms with Gasteiger partial charge in [0.25, 0.3) is 0 Å². The van der Waals surface area contributed by atoms with Crippen LogP contribution >= 0.6 is 0 Å². The number of carbonyl (C=O) groups is 1. The van der Waals surface area contributed by atoms with E-state index in [0.29, 0.717) is 19.0 Å². The zero-order chi connectivity index (χ0) is 19.0. The standard InChI is InChI=1S/C22H31N5O/c28-21-22(12-5-2-6-13-22)11-4-1-3-8-16-9-7-10-19(23-16)24-20-17-14-27(21)15-18(17)25-26-20/h7,9-10,20,25-26H,1-6,8,11-15H2,(H,23,24). The number of hydrogen-bond donors (Lipinski definition) is 3. The molecule has 1 saturated carbocycles. The average Bonchev–Trinajstić information content (AvgIpc) is 3.30. The van der Waals surface area contributed by atoms with Crippen LogP contribution in [0.5, 0.6) is 0 Å². The van der Waals surface area contributed by atoms with Crippen molar-refractivity contribution in [1.82, 2.24) is 20.7 Å². The number of nitrogens with zero attached hydrogens (tertiary/aromatic N) is 2. The van der Waals surface area contributed by atoms with Crippen molar-refractivity contribution in [2.24, 2.45) is 5.41 Å². The van der Waals surface area contributed by atoms with Gasteiger partial charge in [-0.15, -0.1) is 0 Å². The fourth-order valence-electron chi connectivity index (χ4n) is 5.48. The van der Waals surface area contributed by atoms with Crippen molar-refractivity contribution >= 4 is 11.7 Å². The quantitative estimate of drug-likeness (QED) is 0.644. The number of anilines is 1. The Hall–Kier alpha value is -2.08. The predicted octanol–water partition coefficient (Wildman–Crippen LogP) is 3.09. The van der Waals surface area contributed by atoms with Crippen LogP contribution in [0.3, 0.4) is 0 Å². The predicted molar refractivity (Wildman–Crippen MR) is 109 cm³/mol. The molecule has 1 unspecified atom stereocenters. The fraction of sp³-hybridized carbons (Fsp3) is 0.636. The first kappa shape index (κ1) is 18.0. The van der Waals surface area contributed by atoms with E-state index in [1.165, 1.54) is 31.3 Å². The first-order chi connectivity index (χ1) is 13.7. The summed E-state index contributed by atoms with van der Waals surface area (Å²) < 4.78 is 0. The minimum Gasteiger partial charge on any atom is -0.350 e. The molecule has 6 heteroatoms. The maximum absolute atomic E-state index is 13.7. The third kappa shape index (κ3) is 3.28. The van der Waals surface area contributed by atoms with E-state index in [2.05, 4.69) is 33.2 Å². The van der Waals surface area contributed by atoms with Crippen LogP contribution in [0.15, 0.2) is 29.5 Å². The topological polar surface area (TPSA) is 69.3 Å². The van der Waals surface area contributed by atoms with E-state index in [9.17, 15) is 4.79 Å². The second-order valence-electron chi connectivity index (χ2n) is 8.93. The average molecular weight is 382 g/mol. The van der Waals surface area contributed by atoms with Gasteiger partial charge in [-0.25, -0.2) is 10.4 Å². The summed E-state index contributed by atoms with van der Waals surface area (Å²) in [5.74, 6) is 1.30. The highest BCUT2D eigenvalue weighted by Gasteiger charge is 2.44. The minimum absolute atomic E-state index is 0.0111.